The van der Waals surface area contributed by atoms with Crippen LogP contribution in [0, 0.1) is 17.1 Å². The first kappa shape index (κ1) is 10.9. The summed E-state index contributed by atoms with van der Waals surface area (Å²) < 4.78 is 18.7. The van der Waals surface area contributed by atoms with E-state index < -0.39 is 5.54 Å². The van der Waals surface area contributed by atoms with E-state index >= 15 is 0 Å². The Labute approximate surface area is 93.8 Å². The van der Waals surface area contributed by atoms with E-state index in [-0.39, 0.29) is 5.82 Å². The molecule has 0 bridgehead atoms. The molecule has 1 saturated heterocycles. The molecule has 0 aliphatic carbocycles. The van der Waals surface area contributed by atoms with Crippen molar-refractivity contribution in [2.45, 2.75) is 18.4 Å². The first-order valence-electron chi connectivity index (χ1n) is 5.27. The predicted octanol–water partition coefficient (Wildman–Crippen LogP) is 2.31. The summed E-state index contributed by atoms with van der Waals surface area (Å²) in [6, 6.07) is 8.55. The quantitative estimate of drug-likeness (QED) is 0.831. The summed E-state index contributed by atoms with van der Waals surface area (Å²) >= 11 is 0. The summed E-state index contributed by atoms with van der Waals surface area (Å²) in [6.45, 7) is 0.972. The van der Waals surface area contributed by atoms with Crippen molar-refractivity contribution >= 4 is 5.69 Å². The maximum Gasteiger partial charge on any atom is 0.149 e. The molecular formula is C12H13FN2O. The zero-order valence-electron chi connectivity index (χ0n) is 8.87. The van der Waals surface area contributed by atoms with Crippen LogP contribution in [0.4, 0.5) is 10.1 Å². The number of hydrogen-bond donors (Lipinski definition) is 1. The molecule has 2 rings (SSSR count). The van der Waals surface area contributed by atoms with E-state index in [4.69, 9.17) is 4.74 Å². The lowest BCUT2D eigenvalue weighted by Gasteiger charge is -2.32. The summed E-state index contributed by atoms with van der Waals surface area (Å²) in [7, 11) is 0. The van der Waals surface area contributed by atoms with Crippen molar-refractivity contribution < 1.29 is 9.13 Å². The third-order valence-corrected chi connectivity index (χ3v) is 2.70. The second-order valence-corrected chi connectivity index (χ2v) is 3.95. The smallest absolute Gasteiger partial charge is 0.149 e. The third-order valence-electron chi connectivity index (χ3n) is 2.70. The minimum atomic E-state index is -0.791. The molecule has 0 saturated carbocycles. The van der Waals surface area contributed by atoms with Gasteiger partial charge in [-0.3, -0.25) is 0 Å². The highest BCUT2D eigenvalue weighted by molar-refractivity contribution is 5.49. The topological polar surface area (TPSA) is 45.0 Å². The van der Waals surface area contributed by atoms with E-state index in [1.165, 1.54) is 6.07 Å². The van der Waals surface area contributed by atoms with Gasteiger partial charge in [0, 0.05) is 6.61 Å². The van der Waals surface area contributed by atoms with Crippen LogP contribution in [0.1, 0.15) is 12.8 Å². The van der Waals surface area contributed by atoms with Crippen molar-refractivity contribution in [2.24, 2.45) is 0 Å². The number of nitrogens with one attached hydrogen (secondary N) is 1. The largest absolute Gasteiger partial charge is 0.378 e. The second kappa shape index (κ2) is 4.50. The van der Waals surface area contributed by atoms with Crippen LogP contribution in [0.2, 0.25) is 0 Å². The zero-order chi connectivity index (χ0) is 11.4. The lowest BCUT2D eigenvalue weighted by Crippen LogP contribution is -2.44. The first-order chi connectivity index (χ1) is 7.76. The van der Waals surface area contributed by atoms with Gasteiger partial charge in [0.2, 0.25) is 0 Å². The Kier molecular flexibility index (Phi) is 3.07. The molecule has 1 fully saturated rings. The zero-order valence-corrected chi connectivity index (χ0v) is 8.87. The van der Waals surface area contributed by atoms with Gasteiger partial charge in [-0.25, -0.2) is 4.39 Å². The van der Waals surface area contributed by atoms with Gasteiger partial charge in [-0.1, -0.05) is 12.1 Å². The number of ether oxygens (including phenoxy) is 1. The Hall–Kier alpha value is -1.60. The van der Waals surface area contributed by atoms with Gasteiger partial charge >= 0.3 is 0 Å². The van der Waals surface area contributed by atoms with E-state index in [1.807, 2.05) is 0 Å². The lowest BCUT2D eigenvalue weighted by molar-refractivity contribution is 0.0665. The van der Waals surface area contributed by atoms with Crippen molar-refractivity contribution in [3.63, 3.8) is 0 Å². The number of benzene rings is 1. The van der Waals surface area contributed by atoms with Crippen LogP contribution in [0.3, 0.4) is 0 Å². The van der Waals surface area contributed by atoms with Gasteiger partial charge in [-0.2, -0.15) is 5.26 Å². The minimum Gasteiger partial charge on any atom is -0.378 e. The van der Waals surface area contributed by atoms with Crippen LogP contribution in [0.25, 0.3) is 0 Å². The molecule has 1 unspecified atom stereocenters. The molecule has 0 spiro atoms. The fourth-order valence-corrected chi connectivity index (χ4v) is 1.83. The Bertz CT molecular complexity index is 408. The fraction of sp³-hybridized carbons (Fsp3) is 0.417. The van der Waals surface area contributed by atoms with Crippen molar-refractivity contribution in [3.05, 3.63) is 30.1 Å². The molecule has 1 aromatic carbocycles. The van der Waals surface area contributed by atoms with Crippen molar-refractivity contribution in [3.8, 4) is 6.07 Å². The molecule has 1 atom stereocenters. The van der Waals surface area contributed by atoms with E-state index in [1.54, 1.807) is 18.2 Å². The standard InChI is InChI=1S/C12H13FN2O/c13-10-4-1-2-5-11(10)15-12(8-14)6-3-7-16-9-12/h1-2,4-5,15H,3,6-7,9H2. The number of para-hydroxylation sites is 1. The third kappa shape index (κ3) is 2.15. The normalized spacial score (nSPS) is 24.8. The van der Waals surface area contributed by atoms with Crippen LogP contribution in [-0.2, 0) is 4.74 Å². The fourth-order valence-electron chi connectivity index (χ4n) is 1.83. The maximum atomic E-state index is 13.4. The Morgan fingerprint density at radius 2 is 2.25 bits per heavy atom. The van der Waals surface area contributed by atoms with Crippen LogP contribution >= 0.6 is 0 Å². The summed E-state index contributed by atoms with van der Waals surface area (Å²) in [5.74, 6) is -0.345. The van der Waals surface area contributed by atoms with Crippen molar-refractivity contribution in [1.82, 2.24) is 0 Å². The summed E-state index contributed by atoms with van der Waals surface area (Å²) in [5.41, 5.74) is -0.435. The minimum absolute atomic E-state index is 0.303. The molecule has 1 aliphatic heterocycles. The van der Waals surface area contributed by atoms with Gasteiger partial charge in [0.25, 0.3) is 0 Å². The van der Waals surface area contributed by atoms with Gasteiger partial charge in [0.15, 0.2) is 0 Å². The maximum absolute atomic E-state index is 13.4. The van der Waals surface area contributed by atoms with Crippen LogP contribution in [0.15, 0.2) is 24.3 Å². The van der Waals surface area contributed by atoms with Crippen LogP contribution < -0.4 is 5.32 Å². The molecule has 1 aromatic rings. The molecule has 0 aromatic heterocycles. The van der Waals surface area contributed by atoms with Gasteiger partial charge in [0.05, 0.1) is 18.4 Å². The lowest BCUT2D eigenvalue weighted by atomic mass is 9.94. The molecule has 16 heavy (non-hydrogen) atoms. The average molecular weight is 220 g/mol. The second-order valence-electron chi connectivity index (χ2n) is 3.95. The van der Waals surface area contributed by atoms with Gasteiger partial charge < -0.3 is 10.1 Å². The summed E-state index contributed by atoms with van der Waals surface area (Å²) in [6.07, 6.45) is 1.49. The summed E-state index contributed by atoms with van der Waals surface area (Å²) in [4.78, 5) is 0. The molecule has 0 radical (unpaired) electrons. The number of halogens is 1. The number of rotatable bonds is 2. The van der Waals surface area contributed by atoms with Crippen LogP contribution in [-0.4, -0.2) is 18.8 Å². The van der Waals surface area contributed by atoms with Gasteiger partial charge in [0.1, 0.15) is 11.4 Å². The van der Waals surface area contributed by atoms with Crippen molar-refractivity contribution in [1.29, 1.82) is 5.26 Å². The predicted molar refractivity (Wildman–Crippen MR) is 58.4 cm³/mol. The average Bonchev–Trinajstić information content (AvgIpc) is 2.33. The highest BCUT2D eigenvalue weighted by atomic mass is 19.1. The molecule has 4 heteroatoms. The van der Waals surface area contributed by atoms with E-state index in [0.717, 1.165) is 6.42 Å². The van der Waals surface area contributed by atoms with Gasteiger partial charge in [-0.15, -0.1) is 0 Å². The SMILES string of the molecule is N#CC1(Nc2ccccc2F)CCCOC1. The molecule has 3 nitrogen and oxygen atoms in total. The number of nitrogens with zero attached hydrogens (tertiary/aromatic N) is 1. The molecule has 1 aliphatic rings. The molecule has 1 N–H and O–H groups in total. The summed E-state index contributed by atoms with van der Waals surface area (Å²) in [5, 5.41) is 12.1. The first-order valence-corrected chi connectivity index (χ1v) is 5.27. The van der Waals surface area contributed by atoms with E-state index in [9.17, 15) is 9.65 Å². The highest BCUT2D eigenvalue weighted by Crippen LogP contribution is 2.25. The monoisotopic (exact) mass is 220 g/mol. The Morgan fingerprint density at radius 1 is 1.44 bits per heavy atom. The van der Waals surface area contributed by atoms with E-state index in [2.05, 4.69) is 11.4 Å². The van der Waals surface area contributed by atoms with Crippen LogP contribution in [0.5, 0.6) is 0 Å². The molecule has 0 amide bonds. The number of nitriles is 1. The van der Waals surface area contributed by atoms with E-state index in [0.29, 0.717) is 25.3 Å². The Morgan fingerprint density at radius 3 is 2.88 bits per heavy atom. The number of anilines is 1. The number of hydrogen-bond acceptors (Lipinski definition) is 3. The van der Waals surface area contributed by atoms with Gasteiger partial charge in [-0.05, 0) is 25.0 Å². The Balaban J connectivity index is 2.19. The van der Waals surface area contributed by atoms with Crippen molar-refractivity contribution in [2.75, 3.05) is 18.5 Å². The molecular weight excluding hydrogens is 207 g/mol. The highest BCUT2D eigenvalue weighted by Gasteiger charge is 2.33. The molecule has 84 valence electrons. The molecule has 1 heterocycles.